The predicted octanol–water partition coefficient (Wildman–Crippen LogP) is 5.21. The number of Topliss-reactive ketones (excluding diaryl/α,β-unsaturated/α-hetero) is 1. The van der Waals surface area contributed by atoms with Gasteiger partial charge in [0.1, 0.15) is 0 Å². The van der Waals surface area contributed by atoms with Gasteiger partial charge in [-0.1, -0.05) is 66.2 Å². The van der Waals surface area contributed by atoms with Gasteiger partial charge in [0.25, 0.3) is 0 Å². The van der Waals surface area contributed by atoms with E-state index in [0.717, 1.165) is 28.1 Å². The second kappa shape index (κ2) is 7.50. The maximum Gasteiger partial charge on any atom is 0.185 e. The number of hydrogen-bond acceptors (Lipinski definition) is 4. The van der Waals surface area contributed by atoms with Crippen LogP contribution < -0.4 is 0 Å². The van der Waals surface area contributed by atoms with E-state index >= 15 is 0 Å². The zero-order valence-corrected chi connectivity index (χ0v) is 17.2. The van der Waals surface area contributed by atoms with Crippen molar-refractivity contribution in [3.8, 4) is 11.1 Å². The summed E-state index contributed by atoms with van der Waals surface area (Å²) in [4.78, 5) is 12.8. The highest BCUT2D eigenvalue weighted by molar-refractivity contribution is 6.30. The average Bonchev–Trinajstić information content (AvgIpc) is 3.10. The van der Waals surface area contributed by atoms with E-state index in [0.29, 0.717) is 29.2 Å². The van der Waals surface area contributed by atoms with E-state index in [-0.39, 0.29) is 11.7 Å². The molecule has 0 N–H and O–H groups in total. The van der Waals surface area contributed by atoms with Crippen molar-refractivity contribution in [2.75, 3.05) is 0 Å². The summed E-state index contributed by atoms with van der Waals surface area (Å²) in [6.45, 7) is 1.95. The van der Waals surface area contributed by atoms with Crippen LogP contribution in [-0.2, 0) is 6.42 Å². The highest BCUT2D eigenvalue weighted by Gasteiger charge is 2.29. The number of aryl methyl sites for hydroxylation is 1. The monoisotopic (exact) mass is 414 g/mol. The van der Waals surface area contributed by atoms with Gasteiger partial charge in [-0.15, -0.1) is 10.2 Å². The molecule has 30 heavy (non-hydrogen) atoms. The molecule has 0 radical (unpaired) electrons. The lowest BCUT2D eigenvalue weighted by atomic mass is 9.88. The van der Waals surface area contributed by atoms with Gasteiger partial charge in [0, 0.05) is 11.4 Å². The molecular weight excluding hydrogens is 396 g/mol. The number of benzene rings is 2. The number of rotatable bonds is 3. The lowest BCUT2D eigenvalue weighted by Crippen LogP contribution is -2.24. The number of nitrogens with zero attached hydrogens (tertiary/aromatic N) is 4. The smallest absolute Gasteiger partial charge is 0.185 e. The molecule has 2 aromatic carbocycles. The second-order valence-corrected chi connectivity index (χ2v) is 8.00. The first kappa shape index (κ1) is 18.7. The molecule has 1 atom stereocenters. The van der Waals surface area contributed by atoms with E-state index in [1.165, 1.54) is 0 Å². The van der Waals surface area contributed by atoms with Gasteiger partial charge in [-0.3, -0.25) is 4.79 Å². The Morgan fingerprint density at radius 2 is 1.80 bits per heavy atom. The fraction of sp³-hybridized carbons (Fsp3) is 0.167. The van der Waals surface area contributed by atoms with Crippen molar-refractivity contribution in [3.63, 3.8) is 0 Å². The first-order valence-corrected chi connectivity index (χ1v) is 10.3. The normalized spacial score (nSPS) is 16.3. The Labute approximate surface area is 179 Å². The molecule has 0 saturated carbocycles. The highest BCUT2D eigenvalue weighted by Crippen LogP contribution is 2.31. The lowest BCUT2D eigenvalue weighted by Gasteiger charge is -2.20. The number of ketones is 1. The van der Waals surface area contributed by atoms with Gasteiger partial charge in [0.15, 0.2) is 17.1 Å². The Kier molecular flexibility index (Phi) is 4.68. The number of aromatic nitrogens is 4. The first-order chi connectivity index (χ1) is 14.6. The number of allylic oxidation sites excluding steroid dienone is 1. The minimum Gasteiger partial charge on any atom is -0.292 e. The summed E-state index contributed by atoms with van der Waals surface area (Å²) in [5.41, 5.74) is 5.76. The number of carbonyl (C=O) groups is 1. The van der Waals surface area contributed by atoms with Crippen LogP contribution in [-0.4, -0.2) is 25.6 Å². The molecule has 1 aliphatic carbocycles. The van der Waals surface area contributed by atoms with E-state index in [1.54, 1.807) is 4.52 Å². The van der Waals surface area contributed by atoms with Gasteiger partial charge in [-0.05, 0) is 42.5 Å². The van der Waals surface area contributed by atoms with Crippen LogP contribution in [0.3, 0.4) is 0 Å². The maximum absolute atomic E-state index is 12.8. The van der Waals surface area contributed by atoms with Crippen molar-refractivity contribution in [3.05, 3.63) is 88.3 Å². The van der Waals surface area contributed by atoms with Crippen LogP contribution in [0, 0.1) is 12.8 Å². The first-order valence-electron chi connectivity index (χ1n) is 9.87. The van der Waals surface area contributed by atoms with Crippen LogP contribution in [0.5, 0.6) is 0 Å². The molecule has 2 aromatic heterocycles. The summed E-state index contributed by atoms with van der Waals surface area (Å²) in [6, 6.07) is 17.7. The van der Waals surface area contributed by atoms with Gasteiger partial charge in [-0.25, -0.2) is 4.52 Å². The lowest BCUT2D eigenvalue weighted by molar-refractivity contribution is 0.0950. The molecule has 0 fully saturated rings. The molecule has 148 valence electrons. The molecule has 1 aliphatic rings. The van der Waals surface area contributed by atoms with Gasteiger partial charge in [0.05, 0.1) is 17.0 Å². The molecule has 0 amide bonds. The minimum atomic E-state index is 0.00885. The molecule has 5 rings (SSSR count). The molecule has 0 unspecified atom stereocenters. The number of carbonyl (C=O) groups excluding carboxylic acids is 1. The molecular formula is C24H19ClN4O. The standard InChI is InChI=1S/C24H19ClN4O/c1-15-22(18-9-11-19(25)12-10-18)24-27-26-23-20(29(24)28-15)13-17(14-21(23)30)8-7-16-5-3-2-4-6-16/h2-12,17H,13-14H2,1H3/b8-7+/t17-/m1/s1. The Morgan fingerprint density at radius 1 is 1.03 bits per heavy atom. The molecule has 6 heteroatoms. The van der Waals surface area contributed by atoms with Crippen molar-refractivity contribution in [2.24, 2.45) is 5.92 Å². The van der Waals surface area contributed by atoms with Crippen LogP contribution >= 0.6 is 11.6 Å². The van der Waals surface area contributed by atoms with E-state index in [9.17, 15) is 4.79 Å². The largest absolute Gasteiger partial charge is 0.292 e. The number of halogens is 1. The average molecular weight is 415 g/mol. The maximum atomic E-state index is 12.8. The minimum absolute atomic E-state index is 0.00885. The van der Waals surface area contributed by atoms with Gasteiger partial charge < -0.3 is 0 Å². The van der Waals surface area contributed by atoms with Gasteiger partial charge >= 0.3 is 0 Å². The fourth-order valence-corrected chi connectivity index (χ4v) is 4.13. The zero-order valence-electron chi connectivity index (χ0n) is 16.4. The van der Waals surface area contributed by atoms with Crippen molar-refractivity contribution in [1.29, 1.82) is 0 Å². The highest BCUT2D eigenvalue weighted by atomic mass is 35.5. The number of fused-ring (bicyclic) bond motifs is 3. The summed E-state index contributed by atoms with van der Waals surface area (Å²) < 4.78 is 1.79. The van der Waals surface area contributed by atoms with Gasteiger partial charge in [-0.2, -0.15) is 5.10 Å². The van der Waals surface area contributed by atoms with Crippen LogP contribution in [0.1, 0.15) is 33.9 Å². The summed E-state index contributed by atoms with van der Waals surface area (Å²) >= 11 is 6.04. The second-order valence-electron chi connectivity index (χ2n) is 7.56. The quantitative estimate of drug-likeness (QED) is 0.461. The topological polar surface area (TPSA) is 60.1 Å². The van der Waals surface area contributed by atoms with Gasteiger partial charge in [0.2, 0.25) is 0 Å². The van der Waals surface area contributed by atoms with Crippen LogP contribution in [0.25, 0.3) is 22.9 Å². The van der Waals surface area contributed by atoms with E-state index < -0.39 is 0 Å². The SMILES string of the molecule is Cc1nn2c3c(nnc2c1-c1ccc(Cl)cc1)C(=O)C[C@H](/C=C/c1ccccc1)C3. The third-order valence-corrected chi connectivity index (χ3v) is 5.72. The Balaban J connectivity index is 1.56. The summed E-state index contributed by atoms with van der Waals surface area (Å²) in [5, 5.41) is 14.0. The number of hydrogen-bond donors (Lipinski definition) is 0. The Bertz CT molecular complexity index is 1280. The molecule has 2 heterocycles. The molecule has 0 spiro atoms. The third-order valence-electron chi connectivity index (χ3n) is 5.47. The van der Waals surface area contributed by atoms with E-state index in [4.69, 9.17) is 16.7 Å². The van der Waals surface area contributed by atoms with E-state index in [2.05, 4.69) is 22.3 Å². The third kappa shape index (κ3) is 3.31. The predicted molar refractivity (Wildman–Crippen MR) is 118 cm³/mol. The molecule has 4 aromatic rings. The molecule has 0 saturated heterocycles. The summed E-state index contributed by atoms with van der Waals surface area (Å²) in [5.74, 6) is 0.107. The van der Waals surface area contributed by atoms with Crippen LogP contribution in [0.2, 0.25) is 5.02 Å². The van der Waals surface area contributed by atoms with Crippen molar-refractivity contribution in [2.45, 2.75) is 19.8 Å². The van der Waals surface area contributed by atoms with Crippen LogP contribution in [0.4, 0.5) is 0 Å². The Morgan fingerprint density at radius 3 is 2.57 bits per heavy atom. The van der Waals surface area contributed by atoms with Crippen molar-refractivity contribution in [1.82, 2.24) is 19.8 Å². The zero-order chi connectivity index (χ0) is 20.7. The molecule has 0 aliphatic heterocycles. The molecule has 0 bridgehead atoms. The fourth-order valence-electron chi connectivity index (χ4n) is 4.01. The summed E-state index contributed by atoms with van der Waals surface area (Å²) in [7, 11) is 0. The molecule has 5 nitrogen and oxygen atoms in total. The van der Waals surface area contributed by atoms with Crippen molar-refractivity contribution < 1.29 is 4.79 Å². The van der Waals surface area contributed by atoms with Crippen LogP contribution in [0.15, 0.2) is 60.7 Å². The Hall–Kier alpha value is -3.31. The van der Waals surface area contributed by atoms with Crippen molar-refractivity contribution >= 4 is 29.1 Å². The summed E-state index contributed by atoms with van der Waals surface area (Å²) in [6.07, 6.45) is 5.31. The van der Waals surface area contributed by atoms with E-state index in [1.807, 2.05) is 61.5 Å².